The van der Waals surface area contributed by atoms with Crippen molar-refractivity contribution in [2.75, 3.05) is 7.11 Å². The molecule has 3 aromatic rings. The van der Waals surface area contributed by atoms with Gasteiger partial charge < -0.3 is 14.6 Å². The van der Waals surface area contributed by atoms with Crippen molar-refractivity contribution in [3.63, 3.8) is 0 Å². The van der Waals surface area contributed by atoms with E-state index in [1.165, 1.54) is 6.07 Å². The predicted molar refractivity (Wildman–Crippen MR) is 142 cm³/mol. The number of carboxylic acid groups (broad SMARTS) is 1. The van der Waals surface area contributed by atoms with Gasteiger partial charge in [0, 0.05) is 11.5 Å². The van der Waals surface area contributed by atoms with Gasteiger partial charge in [0.2, 0.25) is 0 Å². The van der Waals surface area contributed by atoms with E-state index in [4.69, 9.17) is 9.47 Å². The second-order valence-corrected chi connectivity index (χ2v) is 9.87. The van der Waals surface area contributed by atoms with E-state index < -0.39 is 5.97 Å². The normalized spacial score (nSPS) is 12.5. The largest absolute Gasteiger partial charge is 0.497 e. The summed E-state index contributed by atoms with van der Waals surface area (Å²) in [4.78, 5) is 11.3. The Morgan fingerprint density at radius 3 is 2.31 bits per heavy atom. The summed E-state index contributed by atoms with van der Waals surface area (Å²) in [5.41, 5.74) is 4.01. The van der Waals surface area contributed by atoms with E-state index in [0.29, 0.717) is 23.7 Å². The van der Waals surface area contributed by atoms with Crippen molar-refractivity contribution in [3.05, 3.63) is 95.3 Å². The first-order valence-corrected chi connectivity index (χ1v) is 12.2. The molecule has 0 aliphatic rings. The molecule has 0 saturated heterocycles. The summed E-state index contributed by atoms with van der Waals surface area (Å²) in [6.07, 6.45) is 4.83. The van der Waals surface area contributed by atoms with E-state index in [-0.39, 0.29) is 23.6 Å². The molecular formula is C31H35FO4. The van der Waals surface area contributed by atoms with Gasteiger partial charge in [-0.2, -0.15) is 0 Å². The molecule has 0 unspecified atom stereocenters. The van der Waals surface area contributed by atoms with Gasteiger partial charge in [0.1, 0.15) is 23.9 Å². The molecule has 0 radical (unpaired) electrons. The Balaban J connectivity index is 1.84. The minimum absolute atomic E-state index is 0.0421. The Hall–Kier alpha value is -3.60. The average molecular weight is 491 g/mol. The zero-order valence-corrected chi connectivity index (χ0v) is 21.7. The fraction of sp³-hybridized carbons (Fsp3) is 0.323. The number of rotatable bonds is 10. The molecule has 0 aliphatic heterocycles. The van der Waals surface area contributed by atoms with Gasteiger partial charge in [-0.15, -0.1) is 0 Å². The Kier molecular flexibility index (Phi) is 8.92. The number of carbonyl (C=O) groups is 1. The molecule has 0 heterocycles. The summed E-state index contributed by atoms with van der Waals surface area (Å²) < 4.78 is 26.2. The van der Waals surface area contributed by atoms with Crippen molar-refractivity contribution < 1.29 is 23.8 Å². The fourth-order valence-electron chi connectivity index (χ4n) is 4.16. The molecule has 0 aromatic heterocycles. The van der Waals surface area contributed by atoms with Gasteiger partial charge in [-0.3, -0.25) is 4.79 Å². The van der Waals surface area contributed by atoms with E-state index in [9.17, 15) is 14.3 Å². The molecule has 190 valence electrons. The Morgan fingerprint density at radius 2 is 1.69 bits per heavy atom. The minimum atomic E-state index is -0.830. The number of aliphatic carboxylic acids is 1. The maximum absolute atomic E-state index is 14.9. The third-order valence-electron chi connectivity index (χ3n) is 6.07. The summed E-state index contributed by atoms with van der Waals surface area (Å²) in [5.74, 6) is -0.0305. The van der Waals surface area contributed by atoms with Gasteiger partial charge in [0.25, 0.3) is 0 Å². The molecule has 0 amide bonds. The Labute approximate surface area is 213 Å². The van der Waals surface area contributed by atoms with Crippen LogP contribution in [0.15, 0.2) is 72.8 Å². The highest BCUT2D eigenvalue weighted by molar-refractivity contribution is 5.71. The lowest BCUT2D eigenvalue weighted by atomic mass is 9.81. The van der Waals surface area contributed by atoms with E-state index >= 15 is 0 Å². The molecule has 3 aromatic carbocycles. The van der Waals surface area contributed by atoms with Crippen LogP contribution in [0.2, 0.25) is 0 Å². The van der Waals surface area contributed by atoms with Crippen molar-refractivity contribution in [1.82, 2.24) is 0 Å². The van der Waals surface area contributed by atoms with Gasteiger partial charge in [-0.05, 0) is 70.5 Å². The summed E-state index contributed by atoms with van der Waals surface area (Å²) in [6, 6.07) is 18.3. The average Bonchev–Trinajstić information content (AvgIpc) is 2.85. The third-order valence-corrected chi connectivity index (χ3v) is 6.07. The monoisotopic (exact) mass is 490 g/mol. The summed E-state index contributed by atoms with van der Waals surface area (Å²) >= 11 is 0. The lowest BCUT2D eigenvalue weighted by Gasteiger charge is -2.24. The van der Waals surface area contributed by atoms with Crippen LogP contribution >= 0.6 is 0 Å². The van der Waals surface area contributed by atoms with E-state index in [1.807, 2.05) is 61.5 Å². The van der Waals surface area contributed by atoms with Crippen LogP contribution in [0, 0.1) is 5.82 Å². The second kappa shape index (κ2) is 11.9. The Morgan fingerprint density at radius 1 is 1.00 bits per heavy atom. The molecular weight excluding hydrogens is 455 g/mol. The molecule has 1 atom stereocenters. The topological polar surface area (TPSA) is 55.8 Å². The smallest absolute Gasteiger partial charge is 0.304 e. The van der Waals surface area contributed by atoms with Crippen LogP contribution < -0.4 is 9.47 Å². The molecule has 0 bridgehead atoms. The minimum Gasteiger partial charge on any atom is -0.497 e. The van der Waals surface area contributed by atoms with Crippen LogP contribution in [0.25, 0.3) is 11.1 Å². The van der Waals surface area contributed by atoms with Crippen molar-refractivity contribution in [3.8, 4) is 22.6 Å². The van der Waals surface area contributed by atoms with Crippen molar-refractivity contribution >= 4 is 5.97 Å². The van der Waals surface area contributed by atoms with Crippen molar-refractivity contribution in [2.24, 2.45) is 0 Å². The molecule has 5 heteroatoms. The van der Waals surface area contributed by atoms with Gasteiger partial charge in [0.05, 0.1) is 13.5 Å². The molecule has 0 fully saturated rings. The zero-order valence-electron chi connectivity index (χ0n) is 21.7. The SMILES string of the molecule is CC/C=C/[C@@H](CC(=O)O)c1ccc(OCc2ccc(C(C)(C)C)c(-c3cc(OC)ccc3F)c2)cc1. The molecule has 0 saturated carbocycles. The van der Waals surface area contributed by atoms with E-state index in [1.54, 1.807) is 19.2 Å². The summed E-state index contributed by atoms with van der Waals surface area (Å²) in [6.45, 7) is 8.66. The van der Waals surface area contributed by atoms with Crippen molar-refractivity contribution in [2.45, 2.75) is 58.5 Å². The lowest BCUT2D eigenvalue weighted by Crippen LogP contribution is -2.13. The Bertz CT molecular complexity index is 1210. The van der Waals surface area contributed by atoms with Crippen LogP contribution in [-0.4, -0.2) is 18.2 Å². The zero-order chi connectivity index (χ0) is 26.3. The summed E-state index contributed by atoms with van der Waals surface area (Å²) in [7, 11) is 1.57. The number of ether oxygens (including phenoxy) is 2. The summed E-state index contributed by atoms with van der Waals surface area (Å²) in [5, 5.41) is 9.24. The molecule has 3 rings (SSSR count). The maximum atomic E-state index is 14.9. The van der Waals surface area contributed by atoms with Crippen LogP contribution in [0.4, 0.5) is 4.39 Å². The third kappa shape index (κ3) is 6.97. The highest BCUT2D eigenvalue weighted by Crippen LogP contribution is 2.37. The molecule has 36 heavy (non-hydrogen) atoms. The number of hydrogen-bond donors (Lipinski definition) is 1. The van der Waals surface area contributed by atoms with Gasteiger partial charge in [0.15, 0.2) is 0 Å². The lowest BCUT2D eigenvalue weighted by molar-refractivity contribution is -0.137. The number of hydrogen-bond acceptors (Lipinski definition) is 3. The number of carboxylic acids is 1. The van der Waals surface area contributed by atoms with Crippen molar-refractivity contribution in [1.29, 1.82) is 0 Å². The highest BCUT2D eigenvalue weighted by Gasteiger charge is 2.21. The first kappa shape index (κ1) is 27.0. The van der Waals surface area contributed by atoms with Crippen LogP contribution in [0.1, 0.15) is 63.1 Å². The van der Waals surface area contributed by atoms with E-state index in [0.717, 1.165) is 28.7 Å². The van der Waals surface area contributed by atoms with Crippen LogP contribution in [0.5, 0.6) is 11.5 Å². The molecule has 0 spiro atoms. The number of benzene rings is 3. The first-order valence-electron chi connectivity index (χ1n) is 12.2. The second-order valence-electron chi connectivity index (χ2n) is 9.87. The quantitative estimate of drug-likeness (QED) is 0.294. The van der Waals surface area contributed by atoms with Gasteiger partial charge >= 0.3 is 5.97 Å². The number of methoxy groups -OCH3 is 1. The van der Waals surface area contributed by atoms with Crippen LogP contribution in [0.3, 0.4) is 0 Å². The first-order chi connectivity index (χ1) is 17.1. The molecule has 4 nitrogen and oxygen atoms in total. The number of halogens is 1. The standard InChI is InChI=1S/C31H35FO4/c1-6-7-8-23(18-30(33)34)22-10-12-24(13-11-22)36-20-21-9-15-28(31(2,3)4)26(17-21)27-19-25(35-5)14-16-29(27)32/h7-17,19,23H,6,18,20H2,1-5H3,(H,33,34)/b8-7+/t23-/m0/s1. The van der Waals surface area contributed by atoms with Crippen LogP contribution in [-0.2, 0) is 16.8 Å². The molecule has 1 N–H and O–H groups in total. The van der Waals surface area contributed by atoms with E-state index in [2.05, 4.69) is 20.8 Å². The predicted octanol–water partition coefficient (Wildman–Crippen LogP) is 7.90. The molecule has 0 aliphatic carbocycles. The van der Waals surface area contributed by atoms with Gasteiger partial charge in [-0.25, -0.2) is 4.39 Å². The number of allylic oxidation sites excluding steroid dienone is 2. The highest BCUT2D eigenvalue weighted by atomic mass is 19.1. The van der Waals surface area contributed by atoms with Gasteiger partial charge in [-0.1, -0.05) is 64.1 Å². The fourth-order valence-corrected chi connectivity index (χ4v) is 4.16. The maximum Gasteiger partial charge on any atom is 0.304 e.